The van der Waals surface area contributed by atoms with Crippen LogP contribution in [-0.4, -0.2) is 30.3 Å². The summed E-state index contributed by atoms with van der Waals surface area (Å²) >= 11 is 0. The van der Waals surface area contributed by atoms with E-state index in [9.17, 15) is 13.5 Å². The van der Waals surface area contributed by atoms with Crippen LogP contribution < -0.4 is 4.72 Å². The maximum atomic E-state index is 12.2. The van der Waals surface area contributed by atoms with Crippen molar-refractivity contribution in [3.05, 3.63) is 47.8 Å². The Kier molecular flexibility index (Phi) is 3.98. The number of rotatable bonds is 5. The zero-order valence-electron chi connectivity index (χ0n) is 10.4. The van der Waals surface area contributed by atoms with Crippen molar-refractivity contribution in [3.63, 3.8) is 0 Å². The Morgan fingerprint density at radius 2 is 2.05 bits per heavy atom. The number of hydrogen-bond acceptors (Lipinski definition) is 4. The van der Waals surface area contributed by atoms with E-state index < -0.39 is 16.1 Å². The normalized spacial score (nSPS) is 13.4. The van der Waals surface area contributed by atoms with E-state index in [2.05, 4.69) is 14.9 Å². The lowest BCUT2D eigenvalue weighted by atomic mass is 10.1. The Bertz CT molecular complexity index is 637. The van der Waals surface area contributed by atoms with Crippen molar-refractivity contribution in [1.82, 2.24) is 14.9 Å². The summed E-state index contributed by atoms with van der Waals surface area (Å²) in [6, 6.07) is 8.23. The van der Waals surface area contributed by atoms with Gasteiger partial charge in [-0.1, -0.05) is 30.3 Å². The molecule has 0 saturated carbocycles. The molecular weight excluding hydrogens is 266 g/mol. The fourth-order valence-electron chi connectivity index (χ4n) is 1.76. The number of sulfonamides is 1. The molecule has 1 atom stereocenters. The summed E-state index contributed by atoms with van der Waals surface area (Å²) in [5.74, 6) is 0. The van der Waals surface area contributed by atoms with Crippen molar-refractivity contribution in [2.24, 2.45) is 0 Å². The third-order valence-electron chi connectivity index (χ3n) is 2.76. The van der Waals surface area contributed by atoms with E-state index in [1.807, 2.05) is 6.07 Å². The third-order valence-corrected chi connectivity index (χ3v) is 4.34. The lowest BCUT2D eigenvalue weighted by Gasteiger charge is -2.16. The van der Waals surface area contributed by atoms with Crippen LogP contribution in [0.5, 0.6) is 0 Å². The summed E-state index contributed by atoms with van der Waals surface area (Å²) in [4.78, 5) is 0.0851. The minimum atomic E-state index is -3.71. The average molecular weight is 281 g/mol. The van der Waals surface area contributed by atoms with Gasteiger partial charge in [0.05, 0.1) is 24.5 Å². The molecule has 0 bridgehead atoms. The summed E-state index contributed by atoms with van der Waals surface area (Å²) in [6.45, 7) is 1.30. The molecule has 0 spiro atoms. The first-order valence-corrected chi connectivity index (χ1v) is 7.21. The first-order chi connectivity index (χ1) is 9.04. The van der Waals surface area contributed by atoms with Gasteiger partial charge < -0.3 is 5.11 Å². The molecule has 0 fully saturated rings. The summed E-state index contributed by atoms with van der Waals surface area (Å²) in [6.07, 6.45) is 1.25. The molecule has 2 rings (SSSR count). The summed E-state index contributed by atoms with van der Waals surface area (Å²) in [5.41, 5.74) is 1.16. The van der Waals surface area contributed by atoms with Crippen LogP contribution in [0.15, 0.2) is 41.4 Å². The van der Waals surface area contributed by atoms with Gasteiger partial charge in [-0.25, -0.2) is 13.1 Å². The van der Waals surface area contributed by atoms with Crippen molar-refractivity contribution >= 4 is 10.0 Å². The van der Waals surface area contributed by atoms with Gasteiger partial charge in [-0.05, 0) is 12.5 Å². The monoisotopic (exact) mass is 281 g/mol. The summed E-state index contributed by atoms with van der Waals surface area (Å²) in [5, 5.41) is 15.6. The highest BCUT2D eigenvalue weighted by Crippen LogP contribution is 2.17. The van der Waals surface area contributed by atoms with Crippen LogP contribution in [0.2, 0.25) is 0 Å². The zero-order chi connectivity index (χ0) is 13.9. The minimum Gasteiger partial charge on any atom is -0.394 e. The van der Waals surface area contributed by atoms with Crippen LogP contribution in [0.4, 0.5) is 0 Å². The van der Waals surface area contributed by atoms with Crippen LogP contribution in [0.25, 0.3) is 0 Å². The van der Waals surface area contributed by atoms with Gasteiger partial charge in [0.2, 0.25) is 10.0 Å². The van der Waals surface area contributed by atoms with Gasteiger partial charge in [-0.3, -0.25) is 5.10 Å². The first kappa shape index (κ1) is 13.7. The summed E-state index contributed by atoms with van der Waals surface area (Å²) < 4.78 is 26.8. The fraction of sp³-hybridized carbons (Fsp3) is 0.250. The van der Waals surface area contributed by atoms with Gasteiger partial charge in [-0.2, -0.15) is 5.10 Å². The molecule has 3 N–H and O–H groups in total. The molecular formula is C12H15N3O3S. The quantitative estimate of drug-likeness (QED) is 0.753. The van der Waals surface area contributed by atoms with Gasteiger partial charge in [0.25, 0.3) is 0 Å². The number of aryl methyl sites for hydroxylation is 1. The van der Waals surface area contributed by atoms with Crippen LogP contribution in [-0.2, 0) is 10.0 Å². The molecule has 0 amide bonds. The van der Waals surface area contributed by atoms with Crippen LogP contribution in [0.3, 0.4) is 0 Å². The minimum absolute atomic E-state index is 0.0851. The van der Waals surface area contributed by atoms with E-state index in [1.165, 1.54) is 6.20 Å². The predicted octanol–water partition coefficient (Wildman–Crippen LogP) is 0.730. The zero-order valence-corrected chi connectivity index (χ0v) is 11.2. The molecule has 0 aliphatic heterocycles. The number of hydrogen-bond donors (Lipinski definition) is 3. The van der Waals surface area contributed by atoms with Crippen molar-refractivity contribution in [2.75, 3.05) is 6.61 Å². The maximum Gasteiger partial charge on any atom is 0.244 e. The number of aliphatic hydroxyl groups excluding tert-OH is 1. The second-order valence-corrected chi connectivity index (χ2v) is 5.81. The second-order valence-electron chi connectivity index (χ2n) is 4.13. The Labute approximate surface area is 111 Å². The molecule has 0 aliphatic carbocycles. The number of nitrogens with zero attached hydrogens (tertiary/aromatic N) is 1. The number of H-pyrrole nitrogens is 1. The number of benzene rings is 1. The van der Waals surface area contributed by atoms with Gasteiger partial charge >= 0.3 is 0 Å². The molecule has 7 heteroatoms. The van der Waals surface area contributed by atoms with Crippen LogP contribution in [0.1, 0.15) is 17.3 Å². The molecule has 0 radical (unpaired) electrons. The number of aliphatic hydroxyl groups is 1. The number of aromatic amines is 1. The van der Waals surface area contributed by atoms with E-state index in [0.717, 1.165) is 0 Å². The standard InChI is InChI=1S/C12H15N3O3S/c1-9-12(7-13-14-9)19(17,18)15-11(8-16)10-5-3-2-4-6-10/h2-7,11,15-16H,8H2,1H3,(H,13,14)/t11-/m1/s1. The molecule has 2 aromatic rings. The first-order valence-electron chi connectivity index (χ1n) is 5.72. The highest BCUT2D eigenvalue weighted by Gasteiger charge is 2.23. The fourth-order valence-corrected chi connectivity index (χ4v) is 3.11. The lowest BCUT2D eigenvalue weighted by Crippen LogP contribution is -2.31. The van der Waals surface area contributed by atoms with Gasteiger partial charge in [0, 0.05) is 0 Å². The van der Waals surface area contributed by atoms with Gasteiger partial charge in [-0.15, -0.1) is 0 Å². The van der Waals surface area contributed by atoms with E-state index in [1.54, 1.807) is 31.2 Å². The number of nitrogens with one attached hydrogen (secondary N) is 2. The van der Waals surface area contributed by atoms with Crippen LogP contribution in [0, 0.1) is 6.92 Å². The van der Waals surface area contributed by atoms with Crippen LogP contribution >= 0.6 is 0 Å². The van der Waals surface area contributed by atoms with E-state index in [0.29, 0.717) is 11.3 Å². The predicted molar refractivity (Wildman–Crippen MR) is 69.9 cm³/mol. The highest BCUT2D eigenvalue weighted by atomic mass is 32.2. The maximum absolute atomic E-state index is 12.2. The molecule has 1 heterocycles. The smallest absolute Gasteiger partial charge is 0.244 e. The van der Waals surface area contributed by atoms with Crippen molar-refractivity contribution in [3.8, 4) is 0 Å². The molecule has 1 aromatic carbocycles. The molecule has 6 nitrogen and oxygen atoms in total. The Morgan fingerprint density at radius 3 is 2.58 bits per heavy atom. The topological polar surface area (TPSA) is 95.1 Å². The molecule has 19 heavy (non-hydrogen) atoms. The van der Waals surface area contributed by atoms with Gasteiger partial charge in [0.1, 0.15) is 4.90 Å². The summed E-state index contributed by atoms with van der Waals surface area (Å²) in [7, 11) is -3.71. The largest absolute Gasteiger partial charge is 0.394 e. The Hall–Kier alpha value is -1.70. The Morgan fingerprint density at radius 1 is 1.37 bits per heavy atom. The molecule has 0 saturated heterocycles. The van der Waals surface area contributed by atoms with E-state index in [4.69, 9.17) is 0 Å². The Balaban J connectivity index is 2.27. The highest BCUT2D eigenvalue weighted by molar-refractivity contribution is 7.89. The van der Waals surface area contributed by atoms with E-state index >= 15 is 0 Å². The molecule has 0 aliphatic rings. The SMILES string of the molecule is Cc1[nH]ncc1S(=O)(=O)N[C@H](CO)c1ccccc1. The van der Waals surface area contributed by atoms with Crippen molar-refractivity contribution in [2.45, 2.75) is 17.9 Å². The van der Waals surface area contributed by atoms with Crippen molar-refractivity contribution < 1.29 is 13.5 Å². The lowest BCUT2D eigenvalue weighted by molar-refractivity contribution is 0.259. The van der Waals surface area contributed by atoms with Gasteiger partial charge in [0.15, 0.2) is 0 Å². The molecule has 1 aromatic heterocycles. The molecule has 0 unspecified atom stereocenters. The number of aromatic nitrogens is 2. The molecule has 102 valence electrons. The average Bonchev–Trinajstić information content (AvgIpc) is 2.84. The van der Waals surface area contributed by atoms with Crippen molar-refractivity contribution in [1.29, 1.82) is 0 Å². The van der Waals surface area contributed by atoms with E-state index in [-0.39, 0.29) is 11.5 Å². The third kappa shape index (κ3) is 3.01. The second kappa shape index (κ2) is 5.52.